The molecule has 0 saturated carbocycles. The number of benzene rings is 1. The van der Waals surface area contributed by atoms with E-state index in [1.807, 2.05) is 37.3 Å². The number of rotatable bonds is 3. The molecule has 1 aliphatic heterocycles. The van der Waals surface area contributed by atoms with Gasteiger partial charge in [-0.1, -0.05) is 18.2 Å². The fraction of sp³-hybridized carbons (Fsp3) is 0.375. The lowest BCUT2D eigenvalue weighted by Gasteiger charge is -2.21. The Morgan fingerprint density at radius 3 is 2.95 bits per heavy atom. The molecule has 5 nitrogen and oxygen atoms in total. The van der Waals surface area contributed by atoms with Crippen LogP contribution in [0.2, 0.25) is 0 Å². The highest BCUT2D eigenvalue weighted by Gasteiger charge is 2.12. The predicted molar refractivity (Wildman–Crippen MR) is 83.0 cm³/mol. The summed E-state index contributed by atoms with van der Waals surface area (Å²) in [7, 11) is 0. The minimum atomic E-state index is 0.589. The molecule has 21 heavy (non-hydrogen) atoms. The van der Waals surface area contributed by atoms with E-state index in [0.29, 0.717) is 5.88 Å². The summed E-state index contributed by atoms with van der Waals surface area (Å²) in [5.41, 5.74) is 1.09. The van der Waals surface area contributed by atoms with Crippen LogP contribution in [0, 0.1) is 6.92 Å². The summed E-state index contributed by atoms with van der Waals surface area (Å²) in [5, 5.41) is 3.39. The summed E-state index contributed by atoms with van der Waals surface area (Å²) in [6.45, 7) is 6.04. The molecule has 3 rings (SSSR count). The second kappa shape index (κ2) is 6.54. The fourth-order valence-corrected chi connectivity index (χ4v) is 2.42. The van der Waals surface area contributed by atoms with Gasteiger partial charge in [-0.25, -0.2) is 9.97 Å². The fourth-order valence-electron chi connectivity index (χ4n) is 2.42. The van der Waals surface area contributed by atoms with Gasteiger partial charge in [0.2, 0.25) is 5.88 Å². The van der Waals surface area contributed by atoms with Gasteiger partial charge in [0.15, 0.2) is 0 Å². The van der Waals surface area contributed by atoms with Gasteiger partial charge in [-0.3, -0.25) is 0 Å². The topological polar surface area (TPSA) is 50.3 Å². The van der Waals surface area contributed by atoms with Crippen molar-refractivity contribution in [3.63, 3.8) is 0 Å². The summed E-state index contributed by atoms with van der Waals surface area (Å²) < 4.78 is 5.88. The van der Waals surface area contributed by atoms with Gasteiger partial charge in [0, 0.05) is 25.7 Å². The van der Waals surface area contributed by atoms with E-state index in [1.54, 1.807) is 6.33 Å². The molecule has 0 amide bonds. The standard InChI is InChI=1S/C16H20N4O/c1-13-5-2-3-6-14(13)21-16-11-15(18-12-19-16)20-9-4-7-17-8-10-20/h2-3,5-6,11-12,17H,4,7-10H2,1H3. The summed E-state index contributed by atoms with van der Waals surface area (Å²) >= 11 is 0. The molecule has 0 aliphatic carbocycles. The van der Waals surface area contributed by atoms with Crippen molar-refractivity contribution in [2.45, 2.75) is 13.3 Å². The van der Waals surface area contributed by atoms with Crippen LogP contribution in [0.1, 0.15) is 12.0 Å². The molecule has 5 heteroatoms. The maximum absolute atomic E-state index is 5.88. The molecule has 2 aromatic rings. The van der Waals surface area contributed by atoms with Crippen molar-refractivity contribution >= 4 is 5.82 Å². The zero-order valence-corrected chi connectivity index (χ0v) is 12.2. The monoisotopic (exact) mass is 284 g/mol. The number of hydrogen-bond donors (Lipinski definition) is 1. The highest BCUT2D eigenvalue weighted by atomic mass is 16.5. The number of para-hydroxylation sites is 1. The maximum Gasteiger partial charge on any atom is 0.224 e. The van der Waals surface area contributed by atoms with Crippen LogP contribution in [-0.2, 0) is 0 Å². The van der Waals surface area contributed by atoms with Crippen LogP contribution in [0.3, 0.4) is 0 Å². The predicted octanol–water partition coefficient (Wildman–Crippen LogP) is 2.38. The zero-order chi connectivity index (χ0) is 14.5. The molecule has 1 N–H and O–H groups in total. The van der Waals surface area contributed by atoms with E-state index in [9.17, 15) is 0 Å². The van der Waals surface area contributed by atoms with Gasteiger partial charge in [0.25, 0.3) is 0 Å². The van der Waals surface area contributed by atoms with Crippen molar-refractivity contribution < 1.29 is 4.74 Å². The number of hydrogen-bond acceptors (Lipinski definition) is 5. The Balaban J connectivity index is 1.78. The number of nitrogens with zero attached hydrogens (tertiary/aromatic N) is 3. The van der Waals surface area contributed by atoms with Crippen LogP contribution in [0.4, 0.5) is 5.82 Å². The molecule has 1 aromatic carbocycles. The normalized spacial score (nSPS) is 15.6. The van der Waals surface area contributed by atoms with Gasteiger partial charge in [-0.05, 0) is 31.5 Å². The molecule has 1 fully saturated rings. The van der Waals surface area contributed by atoms with Gasteiger partial charge < -0.3 is 15.0 Å². The van der Waals surface area contributed by atoms with E-state index in [2.05, 4.69) is 20.2 Å². The molecule has 0 atom stereocenters. The number of anilines is 1. The van der Waals surface area contributed by atoms with Crippen LogP contribution >= 0.6 is 0 Å². The van der Waals surface area contributed by atoms with Crippen LogP contribution in [0.15, 0.2) is 36.7 Å². The third-order valence-corrected chi connectivity index (χ3v) is 3.60. The first-order valence-corrected chi connectivity index (χ1v) is 7.34. The summed E-state index contributed by atoms with van der Waals surface area (Å²) in [5.74, 6) is 2.35. The number of aromatic nitrogens is 2. The van der Waals surface area contributed by atoms with E-state index < -0.39 is 0 Å². The van der Waals surface area contributed by atoms with Gasteiger partial charge in [0.1, 0.15) is 17.9 Å². The smallest absolute Gasteiger partial charge is 0.224 e. The Morgan fingerprint density at radius 2 is 2.05 bits per heavy atom. The van der Waals surface area contributed by atoms with Crippen LogP contribution in [-0.4, -0.2) is 36.1 Å². The molecule has 1 aliphatic rings. The van der Waals surface area contributed by atoms with Crippen LogP contribution < -0.4 is 15.0 Å². The lowest BCUT2D eigenvalue weighted by molar-refractivity contribution is 0.458. The minimum Gasteiger partial charge on any atom is -0.439 e. The Hall–Kier alpha value is -2.14. The molecule has 1 aromatic heterocycles. The first-order chi connectivity index (χ1) is 10.3. The second-order valence-corrected chi connectivity index (χ2v) is 5.17. The number of nitrogens with one attached hydrogen (secondary N) is 1. The Labute approximate surface area is 125 Å². The molecule has 0 bridgehead atoms. The summed E-state index contributed by atoms with van der Waals surface area (Å²) in [4.78, 5) is 10.9. The molecular formula is C16H20N4O. The Bertz CT molecular complexity index is 594. The van der Waals surface area contributed by atoms with Crippen LogP contribution in [0.25, 0.3) is 0 Å². The van der Waals surface area contributed by atoms with E-state index in [1.165, 1.54) is 0 Å². The molecular weight excluding hydrogens is 264 g/mol. The SMILES string of the molecule is Cc1ccccc1Oc1cc(N2CCCNCC2)ncn1. The van der Waals surface area contributed by atoms with E-state index in [4.69, 9.17) is 4.74 Å². The first-order valence-electron chi connectivity index (χ1n) is 7.34. The lowest BCUT2D eigenvalue weighted by Crippen LogP contribution is -2.28. The summed E-state index contributed by atoms with van der Waals surface area (Å²) in [6, 6.07) is 9.85. The highest BCUT2D eigenvalue weighted by Crippen LogP contribution is 2.25. The van der Waals surface area contributed by atoms with Crippen molar-refractivity contribution in [1.82, 2.24) is 15.3 Å². The highest BCUT2D eigenvalue weighted by molar-refractivity contribution is 5.43. The van der Waals surface area contributed by atoms with Gasteiger partial charge in [-0.15, -0.1) is 0 Å². The molecule has 0 unspecified atom stereocenters. The van der Waals surface area contributed by atoms with E-state index in [-0.39, 0.29) is 0 Å². The number of aryl methyl sites for hydroxylation is 1. The van der Waals surface area contributed by atoms with Gasteiger partial charge >= 0.3 is 0 Å². The van der Waals surface area contributed by atoms with Crippen molar-refractivity contribution in [2.75, 3.05) is 31.1 Å². The van der Waals surface area contributed by atoms with E-state index in [0.717, 1.165) is 49.7 Å². The summed E-state index contributed by atoms with van der Waals surface area (Å²) in [6.07, 6.45) is 2.69. The first kappa shape index (κ1) is 13.8. The molecule has 110 valence electrons. The van der Waals surface area contributed by atoms with Crippen LogP contribution in [0.5, 0.6) is 11.6 Å². The quantitative estimate of drug-likeness (QED) is 0.938. The zero-order valence-electron chi connectivity index (χ0n) is 12.2. The largest absolute Gasteiger partial charge is 0.439 e. The van der Waals surface area contributed by atoms with E-state index >= 15 is 0 Å². The second-order valence-electron chi connectivity index (χ2n) is 5.17. The van der Waals surface area contributed by atoms with Crippen molar-refractivity contribution in [3.05, 3.63) is 42.2 Å². The molecule has 0 radical (unpaired) electrons. The third kappa shape index (κ3) is 3.49. The van der Waals surface area contributed by atoms with Crippen molar-refractivity contribution in [2.24, 2.45) is 0 Å². The maximum atomic E-state index is 5.88. The van der Waals surface area contributed by atoms with Gasteiger partial charge in [-0.2, -0.15) is 0 Å². The average molecular weight is 284 g/mol. The third-order valence-electron chi connectivity index (χ3n) is 3.60. The van der Waals surface area contributed by atoms with Crippen molar-refractivity contribution in [1.29, 1.82) is 0 Å². The number of ether oxygens (including phenoxy) is 1. The average Bonchev–Trinajstić information content (AvgIpc) is 2.79. The lowest BCUT2D eigenvalue weighted by atomic mass is 10.2. The molecule has 2 heterocycles. The van der Waals surface area contributed by atoms with Gasteiger partial charge in [0.05, 0.1) is 0 Å². The minimum absolute atomic E-state index is 0.589. The van der Waals surface area contributed by atoms with Crippen molar-refractivity contribution in [3.8, 4) is 11.6 Å². The Morgan fingerprint density at radius 1 is 1.14 bits per heavy atom. The molecule has 0 spiro atoms. The Kier molecular flexibility index (Phi) is 4.31. The molecule has 1 saturated heterocycles.